The van der Waals surface area contributed by atoms with Crippen molar-refractivity contribution in [3.05, 3.63) is 58.1 Å². The van der Waals surface area contributed by atoms with Crippen molar-refractivity contribution in [3.8, 4) is 5.75 Å². The van der Waals surface area contributed by atoms with Crippen molar-refractivity contribution in [2.45, 2.75) is 24.7 Å². The quantitative estimate of drug-likeness (QED) is 0.553. The van der Waals surface area contributed by atoms with Crippen LogP contribution in [-0.2, 0) is 14.8 Å². The summed E-state index contributed by atoms with van der Waals surface area (Å²) in [5, 5.41) is 13.9. The summed E-state index contributed by atoms with van der Waals surface area (Å²) in [6, 6.07) is 10.8. The van der Waals surface area contributed by atoms with Gasteiger partial charge in [0, 0.05) is 36.8 Å². The number of amides is 1. The van der Waals surface area contributed by atoms with Crippen molar-refractivity contribution in [2.75, 3.05) is 25.5 Å². The molecule has 0 unspecified atom stereocenters. The zero-order chi connectivity index (χ0) is 21.9. The number of nitrogens with one attached hydrogen (secondary N) is 1. The highest BCUT2D eigenvalue weighted by Gasteiger charge is 2.33. The third-order valence-corrected chi connectivity index (χ3v) is 7.22. The number of piperidine rings is 1. The topological polar surface area (TPSA) is 119 Å². The van der Waals surface area contributed by atoms with Crippen molar-refractivity contribution in [3.63, 3.8) is 0 Å². The van der Waals surface area contributed by atoms with E-state index in [4.69, 9.17) is 4.74 Å². The molecule has 30 heavy (non-hydrogen) atoms. The maximum absolute atomic E-state index is 13.0. The predicted octanol–water partition coefficient (Wildman–Crippen LogP) is 2.95. The number of nitro benzene ring substituents is 1. The van der Waals surface area contributed by atoms with Crippen LogP contribution in [0.25, 0.3) is 0 Å². The molecule has 10 heteroatoms. The van der Waals surface area contributed by atoms with Gasteiger partial charge in [0.05, 0.1) is 16.9 Å². The van der Waals surface area contributed by atoms with E-state index in [1.807, 2.05) is 0 Å². The Hall–Kier alpha value is -2.98. The third-order valence-electron chi connectivity index (χ3n) is 5.18. The fourth-order valence-corrected chi connectivity index (χ4v) is 5.11. The monoisotopic (exact) mass is 433 g/mol. The molecule has 1 amide bonds. The second kappa shape index (κ2) is 8.80. The van der Waals surface area contributed by atoms with Crippen LogP contribution >= 0.6 is 0 Å². The first kappa shape index (κ1) is 21.7. The van der Waals surface area contributed by atoms with Crippen LogP contribution in [0.1, 0.15) is 18.4 Å². The Morgan fingerprint density at radius 1 is 1.17 bits per heavy atom. The fourth-order valence-electron chi connectivity index (χ4n) is 3.40. The first-order valence-corrected chi connectivity index (χ1v) is 10.9. The Morgan fingerprint density at radius 2 is 1.80 bits per heavy atom. The zero-order valence-electron chi connectivity index (χ0n) is 16.7. The summed E-state index contributed by atoms with van der Waals surface area (Å²) in [7, 11) is -2.32. The number of nitrogens with zero attached hydrogens (tertiary/aromatic N) is 2. The Bertz CT molecular complexity index is 1040. The average Bonchev–Trinajstić information content (AvgIpc) is 2.74. The first-order chi connectivity index (χ1) is 14.2. The molecule has 9 nitrogen and oxygen atoms in total. The van der Waals surface area contributed by atoms with Crippen molar-refractivity contribution < 1.29 is 22.9 Å². The number of hydrogen-bond donors (Lipinski definition) is 1. The smallest absolute Gasteiger partial charge is 0.270 e. The number of hydrogen-bond acceptors (Lipinski definition) is 6. The zero-order valence-corrected chi connectivity index (χ0v) is 17.5. The fraction of sp³-hybridized carbons (Fsp3) is 0.350. The number of carbonyl (C=O) groups is 1. The maximum Gasteiger partial charge on any atom is 0.270 e. The number of rotatable bonds is 6. The van der Waals surface area contributed by atoms with Crippen LogP contribution in [0.15, 0.2) is 47.4 Å². The lowest BCUT2D eigenvalue weighted by Gasteiger charge is -2.30. The van der Waals surface area contributed by atoms with Crippen molar-refractivity contribution in [2.24, 2.45) is 5.92 Å². The minimum Gasteiger partial charge on any atom is -0.497 e. The molecule has 1 fully saturated rings. The van der Waals surface area contributed by atoms with Gasteiger partial charge in [-0.2, -0.15) is 4.31 Å². The summed E-state index contributed by atoms with van der Waals surface area (Å²) < 4.78 is 32.4. The van der Waals surface area contributed by atoms with Gasteiger partial charge in [-0.15, -0.1) is 0 Å². The van der Waals surface area contributed by atoms with Crippen LogP contribution in [0.2, 0.25) is 0 Å². The van der Waals surface area contributed by atoms with Crippen LogP contribution < -0.4 is 10.1 Å². The average molecular weight is 433 g/mol. The number of anilines is 1. The molecule has 0 spiro atoms. The third kappa shape index (κ3) is 4.60. The molecule has 0 aromatic heterocycles. The molecule has 0 radical (unpaired) electrons. The number of sulfonamides is 1. The Kier molecular flexibility index (Phi) is 6.37. The molecule has 1 N–H and O–H groups in total. The highest BCUT2D eigenvalue weighted by molar-refractivity contribution is 7.89. The van der Waals surface area contributed by atoms with Crippen molar-refractivity contribution >= 4 is 27.3 Å². The van der Waals surface area contributed by atoms with Gasteiger partial charge in [-0.1, -0.05) is 6.07 Å². The van der Waals surface area contributed by atoms with E-state index in [1.54, 1.807) is 38.3 Å². The Morgan fingerprint density at radius 3 is 2.37 bits per heavy atom. The van der Waals surface area contributed by atoms with Gasteiger partial charge in [0.1, 0.15) is 5.75 Å². The normalized spacial score (nSPS) is 15.5. The van der Waals surface area contributed by atoms with Gasteiger partial charge >= 0.3 is 0 Å². The van der Waals surface area contributed by atoms with Gasteiger partial charge in [0.15, 0.2) is 0 Å². The number of nitro groups is 1. The molecule has 0 aliphatic carbocycles. The predicted molar refractivity (Wildman–Crippen MR) is 111 cm³/mol. The molecule has 0 saturated carbocycles. The maximum atomic E-state index is 13.0. The molecule has 2 aromatic rings. The Balaban J connectivity index is 1.66. The molecule has 1 saturated heterocycles. The van der Waals surface area contributed by atoms with Gasteiger partial charge in [0.25, 0.3) is 5.69 Å². The van der Waals surface area contributed by atoms with Crippen LogP contribution in [-0.4, -0.2) is 43.8 Å². The van der Waals surface area contributed by atoms with E-state index in [-0.39, 0.29) is 35.5 Å². The molecule has 1 aliphatic rings. The summed E-state index contributed by atoms with van der Waals surface area (Å²) >= 11 is 0. The van der Waals surface area contributed by atoms with Crippen LogP contribution in [0, 0.1) is 23.0 Å². The van der Waals surface area contributed by atoms with Crippen LogP contribution in [0.4, 0.5) is 11.4 Å². The van der Waals surface area contributed by atoms with Crippen molar-refractivity contribution in [1.82, 2.24) is 4.31 Å². The highest BCUT2D eigenvalue weighted by Crippen LogP contribution is 2.29. The molecular weight excluding hydrogens is 410 g/mol. The van der Waals surface area contributed by atoms with Gasteiger partial charge in [-0.05, 0) is 49.6 Å². The van der Waals surface area contributed by atoms with Crippen LogP contribution in [0.5, 0.6) is 5.75 Å². The lowest BCUT2D eigenvalue weighted by molar-refractivity contribution is -0.385. The van der Waals surface area contributed by atoms with E-state index in [1.165, 1.54) is 16.4 Å². The van der Waals surface area contributed by atoms with E-state index in [0.717, 1.165) is 6.07 Å². The minimum atomic E-state index is -3.88. The summed E-state index contributed by atoms with van der Waals surface area (Å²) in [5.74, 6) is 0.205. The number of carbonyl (C=O) groups excluding carboxylic acids is 1. The molecule has 2 aromatic carbocycles. The summed E-state index contributed by atoms with van der Waals surface area (Å²) in [6.07, 6.45) is 0.740. The minimum absolute atomic E-state index is 0.0714. The van der Waals surface area contributed by atoms with Gasteiger partial charge in [-0.25, -0.2) is 8.42 Å². The van der Waals surface area contributed by atoms with Gasteiger partial charge < -0.3 is 10.1 Å². The molecule has 0 atom stereocenters. The number of aryl methyl sites for hydroxylation is 1. The molecule has 3 rings (SSSR count). The second-order valence-electron chi connectivity index (χ2n) is 7.10. The van der Waals surface area contributed by atoms with Gasteiger partial charge in [0.2, 0.25) is 15.9 Å². The molecule has 1 aliphatic heterocycles. The van der Waals surface area contributed by atoms with Crippen LogP contribution in [0.3, 0.4) is 0 Å². The number of methoxy groups -OCH3 is 1. The summed E-state index contributed by atoms with van der Waals surface area (Å²) in [5.41, 5.74) is 0.816. The van der Waals surface area contributed by atoms with E-state index < -0.39 is 14.9 Å². The SMILES string of the molecule is COc1ccc(NC(=O)C2CCN(S(=O)(=O)c3cc([N+](=O)[O-])ccc3C)CC2)cc1. The van der Waals surface area contributed by atoms with E-state index in [0.29, 0.717) is 29.8 Å². The Labute approximate surface area is 174 Å². The van der Waals surface area contributed by atoms with E-state index >= 15 is 0 Å². The number of benzene rings is 2. The standard InChI is InChI=1S/C20H23N3O6S/c1-14-3-6-17(23(25)26)13-19(14)30(27,28)22-11-9-15(10-12-22)20(24)21-16-4-7-18(29-2)8-5-16/h3-8,13,15H,9-12H2,1-2H3,(H,21,24). The number of ether oxygens (including phenoxy) is 1. The molecule has 0 bridgehead atoms. The van der Waals surface area contributed by atoms with Gasteiger partial charge in [-0.3, -0.25) is 14.9 Å². The second-order valence-corrected chi connectivity index (χ2v) is 9.01. The van der Waals surface area contributed by atoms with E-state index in [2.05, 4.69) is 5.32 Å². The molecule has 160 valence electrons. The molecular formula is C20H23N3O6S. The largest absolute Gasteiger partial charge is 0.497 e. The lowest BCUT2D eigenvalue weighted by Crippen LogP contribution is -2.41. The number of non-ortho nitro benzene ring substituents is 1. The van der Waals surface area contributed by atoms with Crippen molar-refractivity contribution in [1.29, 1.82) is 0 Å². The highest BCUT2D eigenvalue weighted by atomic mass is 32.2. The first-order valence-electron chi connectivity index (χ1n) is 9.42. The summed E-state index contributed by atoms with van der Waals surface area (Å²) in [6.45, 7) is 1.95. The van der Waals surface area contributed by atoms with E-state index in [9.17, 15) is 23.3 Å². The summed E-state index contributed by atoms with van der Waals surface area (Å²) in [4.78, 5) is 22.9. The molecule has 1 heterocycles. The lowest BCUT2D eigenvalue weighted by atomic mass is 9.97.